The minimum absolute atomic E-state index is 0.571. The van der Waals surface area contributed by atoms with E-state index in [1.165, 1.54) is 17.0 Å². The number of hydrogen-bond donors (Lipinski definition) is 0. The van der Waals surface area contributed by atoms with Gasteiger partial charge in [0.2, 0.25) is 5.88 Å². The maximum atomic E-state index is 5.71. The van der Waals surface area contributed by atoms with Gasteiger partial charge < -0.3 is 4.74 Å². The monoisotopic (exact) mass is 304 g/mol. The molecule has 1 aliphatic heterocycles. The molecule has 0 aliphatic carbocycles. The summed E-state index contributed by atoms with van der Waals surface area (Å²) in [5.74, 6) is 1.19. The van der Waals surface area contributed by atoms with E-state index in [-0.39, 0.29) is 0 Å². The summed E-state index contributed by atoms with van der Waals surface area (Å²) in [6.45, 7) is 8.11. The standard InChI is InChI=1S/C15H20N4OS/c1-11-14(21-12(2)18-11)9-19-6-3-13(8-19)10-20-15-7-16-4-5-17-15/h4-5,7,13H,3,6,8-10H2,1-2H3. The average Bonchev–Trinajstić information content (AvgIpc) is 3.05. The van der Waals surface area contributed by atoms with Gasteiger partial charge in [0.15, 0.2) is 0 Å². The molecule has 3 rings (SSSR count). The Hall–Kier alpha value is -1.53. The lowest BCUT2D eigenvalue weighted by Gasteiger charge is -2.15. The van der Waals surface area contributed by atoms with Crippen molar-refractivity contribution in [3.8, 4) is 5.88 Å². The van der Waals surface area contributed by atoms with Gasteiger partial charge in [-0.3, -0.25) is 9.88 Å². The lowest BCUT2D eigenvalue weighted by Crippen LogP contribution is -2.22. The first-order valence-electron chi connectivity index (χ1n) is 7.25. The maximum absolute atomic E-state index is 5.71. The Labute approximate surface area is 129 Å². The third kappa shape index (κ3) is 3.77. The predicted octanol–water partition coefficient (Wildman–Crippen LogP) is 2.45. The molecule has 2 aromatic heterocycles. The predicted molar refractivity (Wildman–Crippen MR) is 82.5 cm³/mol. The van der Waals surface area contributed by atoms with Gasteiger partial charge in [-0.2, -0.15) is 0 Å². The van der Waals surface area contributed by atoms with Crippen LogP contribution in [0.1, 0.15) is 22.0 Å². The van der Waals surface area contributed by atoms with Crippen molar-refractivity contribution in [1.82, 2.24) is 19.9 Å². The van der Waals surface area contributed by atoms with Crippen LogP contribution in [0.25, 0.3) is 0 Å². The summed E-state index contributed by atoms with van der Waals surface area (Å²) in [7, 11) is 0. The van der Waals surface area contributed by atoms with E-state index in [4.69, 9.17) is 4.74 Å². The van der Waals surface area contributed by atoms with Crippen LogP contribution in [0.15, 0.2) is 18.6 Å². The summed E-state index contributed by atoms with van der Waals surface area (Å²) in [4.78, 5) is 16.5. The smallest absolute Gasteiger partial charge is 0.232 e. The summed E-state index contributed by atoms with van der Waals surface area (Å²) < 4.78 is 5.71. The molecule has 5 nitrogen and oxygen atoms in total. The molecule has 0 amide bonds. The molecule has 1 fully saturated rings. The van der Waals surface area contributed by atoms with Crippen molar-refractivity contribution in [3.63, 3.8) is 0 Å². The second kappa shape index (κ2) is 6.49. The summed E-state index contributed by atoms with van der Waals surface area (Å²) in [6.07, 6.45) is 6.15. The zero-order valence-electron chi connectivity index (χ0n) is 12.5. The molecule has 21 heavy (non-hydrogen) atoms. The highest BCUT2D eigenvalue weighted by Gasteiger charge is 2.24. The molecule has 0 bridgehead atoms. The number of aryl methyl sites for hydroxylation is 2. The normalized spacial score (nSPS) is 19.0. The van der Waals surface area contributed by atoms with Crippen molar-refractivity contribution in [2.24, 2.45) is 5.92 Å². The van der Waals surface area contributed by atoms with Gasteiger partial charge in [-0.1, -0.05) is 0 Å². The van der Waals surface area contributed by atoms with Gasteiger partial charge in [0, 0.05) is 36.3 Å². The largest absolute Gasteiger partial charge is 0.476 e. The fourth-order valence-electron chi connectivity index (χ4n) is 2.68. The molecular weight excluding hydrogens is 284 g/mol. The second-order valence-corrected chi connectivity index (χ2v) is 6.77. The lowest BCUT2D eigenvalue weighted by atomic mass is 10.1. The molecule has 3 heterocycles. The first-order chi connectivity index (χ1) is 10.2. The van der Waals surface area contributed by atoms with Crippen LogP contribution in [0.2, 0.25) is 0 Å². The Morgan fingerprint density at radius 3 is 3.00 bits per heavy atom. The van der Waals surface area contributed by atoms with Crippen molar-refractivity contribution in [1.29, 1.82) is 0 Å². The van der Waals surface area contributed by atoms with Crippen LogP contribution in [0, 0.1) is 19.8 Å². The highest BCUT2D eigenvalue weighted by atomic mass is 32.1. The summed E-state index contributed by atoms with van der Waals surface area (Å²) in [5, 5.41) is 1.16. The van der Waals surface area contributed by atoms with E-state index in [9.17, 15) is 0 Å². The summed E-state index contributed by atoms with van der Waals surface area (Å²) in [5.41, 5.74) is 1.18. The van der Waals surface area contributed by atoms with Gasteiger partial charge in [-0.05, 0) is 26.8 Å². The van der Waals surface area contributed by atoms with Crippen molar-refractivity contribution in [2.45, 2.75) is 26.8 Å². The van der Waals surface area contributed by atoms with Crippen LogP contribution in [-0.2, 0) is 6.54 Å². The molecule has 1 atom stereocenters. The van der Waals surface area contributed by atoms with Crippen molar-refractivity contribution in [2.75, 3.05) is 19.7 Å². The van der Waals surface area contributed by atoms with Crippen LogP contribution in [0.4, 0.5) is 0 Å². The molecule has 112 valence electrons. The zero-order valence-corrected chi connectivity index (χ0v) is 13.3. The van der Waals surface area contributed by atoms with Crippen molar-refractivity contribution < 1.29 is 4.74 Å². The molecule has 0 radical (unpaired) electrons. The highest BCUT2D eigenvalue weighted by Crippen LogP contribution is 2.24. The maximum Gasteiger partial charge on any atom is 0.232 e. The molecular formula is C15H20N4OS. The molecule has 6 heteroatoms. The fourth-order valence-corrected chi connectivity index (χ4v) is 3.66. The molecule has 0 aromatic carbocycles. The quantitative estimate of drug-likeness (QED) is 0.849. The van der Waals surface area contributed by atoms with Crippen LogP contribution < -0.4 is 4.74 Å². The Morgan fingerprint density at radius 2 is 2.29 bits per heavy atom. The Morgan fingerprint density at radius 1 is 1.38 bits per heavy atom. The molecule has 1 unspecified atom stereocenters. The molecule has 1 saturated heterocycles. The number of hydrogen-bond acceptors (Lipinski definition) is 6. The summed E-state index contributed by atoms with van der Waals surface area (Å²) >= 11 is 1.81. The molecule has 0 N–H and O–H groups in total. The lowest BCUT2D eigenvalue weighted by molar-refractivity contribution is 0.231. The van der Waals surface area contributed by atoms with E-state index >= 15 is 0 Å². The van der Waals surface area contributed by atoms with E-state index in [0.29, 0.717) is 11.8 Å². The average molecular weight is 304 g/mol. The number of thiazole rings is 1. The summed E-state index contributed by atoms with van der Waals surface area (Å²) in [6, 6.07) is 0. The van der Waals surface area contributed by atoms with E-state index in [1.807, 2.05) is 11.3 Å². The van der Waals surface area contributed by atoms with Crippen LogP contribution in [-0.4, -0.2) is 39.5 Å². The SMILES string of the molecule is Cc1nc(C)c(CN2CCC(COc3cnccn3)C2)s1. The van der Waals surface area contributed by atoms with Gasteiger partial charge in [0.25, 0.3) is 0 Å². The molecule has 0 spiro atoms. The Bertz CT molecular complexity index is 587. The van der Waals surface area contributed by atoms with Gasteiger partial charge in [-0.15, -0.1) is 11.3 Å². The van der Waals surface area contributed by atoms with Gasteiger partial charge >= 0.3 is 0 Å². The Kier molecular flexibility index (Phi) is 4.45. The third-order valence-electron chi connectivity index (χ3n) is 3.74. The van der Waals surface area contributed by atoms with Crippen LogP contribution >= 0.6 is 11.3 Å². The van der Waals surface area contributed by atoms with Gasteiger partial charge in [-0.25, -0.2) is 9.97 Å². The number of rotatable bonds is 5. The van der Waals surface area contributed by atoms with E-state index in [0.717, 1.165) is 31.2 Å². The minimum Gasteiger partial charge on any atom is -0.476 e. The molecule has 1 aliphatic rings. The van der Waals surface area contributed by atoms with Crippen molar-refractivity contribution in [3.05, 3.63) is 34.2 Å². The van der Waals surface area contributed by atoms with E-state index < -0.39 is 0 Å². The first-order valence-corrected chi connectivity index (χ1v) is 8.06. The molecule has 0 saturated carbocycles. The minimum atomic E-state index is 0.571. The van der Waals surface area contributed by atoms with E-state index in [2.05, 4.69) is 33.7 Å². The van der Waals surface area contributed by atoms with Gasteiger partial charge in [0.1, 0.15) is 0 Å². The fraction of sp³-hybridized carbons (Fsp3) is 0.533. The van der Waals surface area contributed by atoms with Gasteiger partial charge in [0.05, 0.1) is 23.5 Å². The second-order valence-electron chi connectivity index (χ2n) is 5.49. The Balaban J connectivity index is 1.48. The van der Waals surface area contributed by atoms with Crippen LogP contribution in [0.3, 0.4) is 0 Å². The van der Waals surface area contributed by atoms with Crippen LogP contribution in [0.5, 0.6) is 5.88 Å². The number of likely N-dealkylation sites (tertiary alicyclic amines) is 1. The van der Waals surface area contributed by atoms with E-state index in [1.54, 1.807) is 18.6 Å². The molecule has 2 aromatic rings. The highest BCUT2D eigenvalue weighted by molar-refractivity contribution is 7.11. The van der Waals surface area contributed by atoms with Crippen molar-refractivity contribution >= 4 is 11.3 Å². The number of ether oxygens (including phenoxy) is 1. The number of nitrogens with zero attached hydrogens (tertiary/aromatic N) is 4. The number of aromatic nitrogens is 3. The topological polar surface area (TPSA) is 51.1 Å². The first kappa shape index (κ1) is 14.4. The third-order valence-corrected chi connectivity index (χ3v) is 4.80. The zero-order chi connectivity index (χ0) is 14.7.